The lowest BCUT2D eigenvalue weighted by Crippen LogP contribution is -2.20. The first kappa shape index (κ1) is 18.4. The highest BCUT2D eigenvalue weighted by Crippen LogP contribution is 2.30. The summed E-state index contributed by atoms with van der Waals surface area (Å²) in [6, 6.07) is 1.96. The van der Waals surface area contributed by atoms with E-state index in [0.717, 1.165) is 12.1 Å². The first-order chi connectivity index (χ1) is 12.1. The number of hydrogen-bond acceptors (Lipinski definition) is 3. The number of carbonyl (C=O) groups excluding carboxylic acids is 1. The molecule has 1 aromatic carbocycles. The smallest absolute Gasteiger partial charge is 0.272 e. The Morgan fingerprint density at radius 2 is 2.04 bits per heavy atom. The van der Waals surface area contributed by atoms with Crippen LogP contribution in [0.15, 0.2) is 35.5 Å². The van der Waals surface area contributed by atoms with Gasteiger partial charge in [-0.15, -0.1) is 0 Å². The molecule has 1 aromatic heterocycles. The van der Waals surface area contributed by atoms with E-state index >= 15 is 0 Å². The molecule has 0 aliphatic carbocycles. The third-order valence-electron chi connectivity index (χ3n) is 3.99. The fourth-order valence-electron chi connectivity index (χ4n) is 2.79. The molecule has 1 amide bonds. The minimum Gasteiger partial charge on any atom is -0.345 e. The van der Waals surface area contributed by atoms with Crippen LogP contribution in [0.1, 0.15) is 22.5 Å². The van der Waals surface area contributed by atoms with Crippen LogP contribution in [0.5, 0.6) is 0 Å². The van der Waals surface area contributed by atoms with Gasteiger partial charge in [0.1, 0.15) is 21.4 Å². The van der Waals surface area contributed by atoms with Crippen molar-refractivity contribution in [2.24, 2.45) is 7.05 Å². The van der Waals surface area contributed by atoms with E-state index in [1.807, 2.05) is 0 Å². The molecule has 1 aliphatic rings. The number of aromatic nitrogens is 1. The first-order valence-corrected chi connectivity index (χ1v) is 9.31. The van der Waals surface area contributed by atoms with E-state index in [-0.39, 0.29) is 22.7 Å². The van der Waals surface area contributed by atoms with Crippen molar-refractivity contribution in [2.75, 3.05) is 5.32 Å². The SMILES string of the molecule is C=C1CCc2c(cn(C)c2C(=O)Nc2ccc(F)c(Cl)c2F)S(=O)(=O)N1. The Balaban J connectivity index is 2.04. The van der Waals surface area contributed by atoms with E-state index in [1.165, 1.54) is 17.8 Å². The Bertz CT molecular complexity index is 1050. The van der Waals surface area contributed by atoms with Crippen molar-refractivity contribution in [3.05, 3.63) is 58.5 Å². The molecule has 0 bridgehead atoms. The number of rotatable bonds is 2. The number of benzene rings is 1. The van der Waals surface area contributed by atoms with Gasteiger partial charge in [-0.2, -0.15) is 0 Å². The zero-order valence-corrected chi connectivity index (χ0v) is 15.1. The summed E-state index contributed by atoms with van der Waals surface area (Å²) in [5.41, 5.74) is 0.353. The zero-order chi connectivity index (χ0) is 19.2. The van der Waals surface area contributed by atoms with E-state index in [9.17, 15) is 22.0 Å². The highest BCUT2D eigenvalue weighted by molar-refractivity contribution is 7.89. The molecule has 10 heteroatoms. The molecule has 0 saturated heterocycles. The molecule has 0 radical (unpaired) electrons. The van der Waals surface area contributed by atoms with Crippen LogP contribution < -0.4 is 10.0 Å². The molecule has 0 saturated carbocycles. The van der Waals surface area contributed by atoms with E-state index in [1.54, 1.807) is 0 Å². The normalized spacial score (nSPS) is 15.8. The van der Waals surface area contributed by atoms with Gasteiger partial charge in [-0.25, -0.2) is 17.2 Å². The van der Waals surface area contributed by atoms with Crippen molar-refractivity contribution in [1.29, 1.82) is 0 Å². The van der Waals surface area contributed by atoms with Gasteiger partial charge in [0.25, 0.3) is 15.9 Å². The van der Waals surface area contributed by atoms with Crippen molar-refractivity contribution >= 4 is 33.2 Å². The third-order valence-corrected chi connectivity index (χ3v) is 5.83. The van der Waals surface area contributed by atoms with Gasteiger partial charge in [0.05, 0.1) is 5.69 Å². The summed E-state index contributed by atoms with van der Waals surface area (Å²) in [5, 5.41) is 1.57. The summed E-state index contributed by atoms with van der Waals surface area (Å²) >= 11 is 5.51. The number of sulfonamides is 1. The number of aryl methyl sites for hydroxylation is 1. The van der Waals surface area contributed by atoms with Gasteiger partial charge in [-0.1, -0.05) is 18.2 Å². The minimum absolute atomic E-state index is 0.0404. The molecule has 2 aromatic rings. The van der Waals surface area contributed by atoms with E-state index < -0.39 is 32.6 Å². The van der Waals surface area contributed by atoms with Gasteiger partial charge >= 0.3 is 0 Å². The maximum Gasteiger partial charge on any atom is 0.272 e. The number of allylic oxidation sites excluding steroid dienone is 1. The van der Waals surface area contributed by atoms with E-state index in [4.69, 9.17) is 11.6 Å². The predicted octanol–water partition coefficient (Wildman–Crippen LogP) is 2.95. The second-order valence-corrected chi connectivity index (χ2v) is 7.85. The Labute approximate surface area is 153 Å². The molecule has 26 heavy (non-hydrogen) atoms. The molecule has 3 rings (SSSR count). The average Bonchev–Trinajstić information content (AvgIpc) is 2.85. The van der Waals surface area contributed by atoms with Gasteiger partial charge < -0.3 is 9.88 Å². The lowest BCUT2D eigenvalue weighted by molar-refractivity contribution is 0.101. The summed E-state index contributed by atoms with van der Waals surface area (Å²) < 4.78 is 55.7. The molecular weight excluding hydrogens is 388 g/mol. The largest absolute Gasteiger partial charge is 0.345 e. The van der Waals surface area contributed by atoms with E-state index in [0.29, 0.717) is 17.7 Å². The summed E-state index contributed by atoms with van der Waals surface area (Å²) in [4.78, 5) is 12.6. The number of nitrogens with one attached hydrogen (secondary N) is 2. The standard InChI is InChI=1S/C16H14ClF2N3O3S/c1-8-3-4-9-12(26(24,25)21-8)7-22(2)15(9)16(23)20-11-6-5-10(18)13(17)14(11)19/h5-7,21H,1,3-4H2,2H3,(H,20,23). The Morgan fingerprint density at radius 1 is 1.35 bits per heavy atom. The summed E-state index contributed by atoms with van der Waals surface area (Å²) in [5.74, 6) is -2.80. The van der Waals surface area contributed by atoms with Gasteiger partial charge in [-0.3, -0.25) is 9.52 Å². The Hall–Kier alpha value is -2.39. The van der Waals surface area contributed by atoms with Crippen LogP contribution in [0.4, 0.5) is 14.5 Å². The Kier molecular flexibility index (Phi) is 4.53. The summed E-state index contributed by atoms with van der Waals surface area (Å²) in [7, 11) is -2.35. The number of amides is 1. The van der Waals surface area contributed by atoms with Gasteiger partial charge in [0.15, 0.2) is 5.82 Å². The van der Waals surface area contributed by atoms with Crippen LogP contribution in [0, 0.1) is 11.6 Å². The van der Waals surface area contributed by atoms with Gasteiger partial charge in [0.2, 0.25) is 0 Å². The van der Waals surface area contributed by atoms with Crippen LogP contribution in [0.2, 0.25) is 5.02 Å². The molecule has 0 fully saturated rings. The van der Waals surface area contributed by atoms with Crippen molar-refractivity contribution in [1.82, 2.24) is 9.29 Å². The monoisotopic (exact) mass is 401 g/mol. The minimum atomic E-state index is -3.85. The Morgan fingerprint density at radius 3 is 2.73 bits per heavy atom. The van der Waals surface area contributed by atoms with Crippen molar-refractivity contribution < 1.29 is 22.0 Å². The number of halogens is 3. The van der Waals surface area contributed by atoms with Gasteiger partial charge in [0, 0.05) is 24.5 Å². The molecular formula is C16H14ClF2N3O3S. The summed E-state index contributed by atoms with van der Waals surface area (Å²) in [6.07, 6.45) is 1.88. The fraction of sp³-hybridized carbons (Fsp3) is 0.188. The van der Waals surface area contributed by atoms with Crippen molar-refractivity contribution in [2.45, 2.75) is 17.7 Å². The molecule has 2 heterocycles. The lowest BCUT2D eigenvalue weighted by Gasteiger charge is -2.10. The first-order valence-electron chi connectivity index (χ1n) is 7.45. The van der Waals surface area contributed by atoms with Crippen LogP contribution in [0.3, 0.4) is 0 Å². The quantitative estimate of drug-likeness (QED) is 0.759. The van der Waals surface area contributed by atoms with Crippen molar-refractivity contribution in [3.8, 4) is 0 Å². The lowest BCUT2D eigenvalue weighted by atomic mass is 10.1. The second kappa shape index (κ2) is 6.40. The topological polar surface area (TPSA) is 80.2 Å². The number of hydrogen-bond donors (Lipinski definition) is 2. The highest BCUT2D eigenvalue weighted by atomic mass is 35.5. The maximum absolute atomic E-state index is 14.0. The average molecular weight is 402 g/mol. The molecule has 2 N–H and O–H groups in total. The second-order valence-electron chi connectivity index (χ2n) is 5.82. The van der Waals surface area contributed by atoms with E-state index in [2.05, 4.69) is 16.6 Å². The number of anilines is 1. The molecule has 0 unspecified atom stereocenters. The number of carbonyl (C=O) groups is 1. The van der Waals surface area contributed by atoms with Gasteiger partial charge in [-0.05, 0) is 25.0 Å². The fourth-order valence-corrected chi connectivity index (χ4v) is 4.37. The predicted molar refractivity (Wildman–Crippen MR) is 92.5 cm³/mol. The summed E-state index contributed by atoms with van der Waals surface area (Å²) in [6.45, 7) is 3.63. The molecule has 6 nitrogen and oxygen atoms in total. The highest BCUT2D eigenvalue weighted by Gasteiger charge is 2.30. The van der Waals surface area contributed by atoms with Crippen LogP contribution in [-0.4, -0.2) is 18.9 Å². The molecule has 0 atom stereocenters. The van der Waals surface area contributed by atoms with Crippen LogP contribution in [0.25, 0.3) is 0 Å². The maximum atomic E-state index is 14.0. The molecule has 0 spiro atoms. The molecule has 1 aliphatic heterocycles. The zero-order valence-electron chi connectivity index (χ0n) is 13.6. The number of fused-ring (bicyclic) bond motifs is 1. The number of nitrogens with zero attached hydrogens (tertiary/aromatic N) is 1. The van der Waals surface area contributed by atoms with Crippen LogP contribution >= 0.6 is 11.6 Å². The third kappa shape index (κ3) is 3.08. The molecule has 138 valence electrons. The van der Waals surface area contributed by atoms with Crippen molar-refractivity contribution in [3.63, 3.8) is 0 Å². The van der Waals surface area contributed by atoms with Crippen LogP contribution in [-0.2, 0) is 23.5 Å².